The van der Waals surface area contributed by atoms with Crippen LogP contribution in [-0.2, 0) is 0 Å². The standard InChI is InChI=1S/C15H13FO2/c1-9-3-6-12(15(17)18)7-13(9)11-5-4-10(2)14(16)8-11/h3-8H,1-2H3,(H,17,18). The third-order valence-electron chi connectivity index (χ3n) is 2.97. The number of carbonyl (C=O) groups is 1. The Kier molecular flexibility index (Phi) is 3.15. The third kappa shape index (κ3) is 2.25. The lowest BCUT2D eigenvalue weighted by Crippen LogP contribution is -1.97. The predicted octanol–water partition coefficient (Wildman–Crippen LogP) is 3.81. The minimum Gasteiger partial charge on any atom is -0.478 e. The summed E-state index contributed by atoms with van der Waals surface area (Å²) in [5, 5.41) is 8.97. The highest BCUT2D eigenvalue weighted by molar-refractivity contribution is 5.90. The highest BCUT2D eigenvalue weighted by atomic mass is 19.1. The van der Waals surface area contributed by atoms with Gasteiger partial charge in [-0.2, -0.15) is 0 Å². The zero-order valence-corrected chi connectivity index (χ0v) is 10.2. The summed E-state index contributed by atoms with van der Waals surface area (Å²) in [5.74, 6) is -1.27. The Balaban J connectivity index is 2.58. The fourth-order valence-corrected chi connectivity index (χ4v) is 1.83. The first-order valence-electron chi connectivity index (χ1n) is 5.59. The molecule has 2 nitrogen and oxygen atoms in total. The van der Waals surface area contributed by atoms with E-state index in [1.165, 1.54) is 6.07 Å². The molecule has 0 aliphatic rings. The second-order valence-corrected chi connectivity index (χ2v) is 4.30. The number of rotatable bonds is 2. The van der Waals surface area contributed by atoms with Crippen LogP contribution in [0, 0.1) is 19.7 Å². The van der Waals surface area contributed by atoms with Crippen LogP contribution in [0.1, 0.15) is 21.5 Å². The van der Waals surface area contributed by atoms with Crippen LogP contribution in [0.5, 0.6) is 0 Å². The van der Waals surface area contributed by atoms with Crippen molar-refractivity contribution < 1.29 is 14.3 Å². The van der Waals surface area contributed by atoms with Crippen LogP contribution in [0.3, 0.4) is 0 Å². The molecule has 0 spiro atoms. The van der Waals surface area contributed by atoms with Gasteiger partial charge >= 0.3 is 5.97 Å². The van der Waals surface area contributed by atoms with E-state index in [2.05, 4.69) is 0 Å². The molecule has 92 valence electrons. The number of halogens is 1. The molecule has 2 rings (SSSR count). The minimum absolute atomic E-state index is 0.205. The maximum Gasteiger partial charge on any atom is 0.335 e. The van der Waals surface area contributed by atoms with Gasteiger partial charge in [-0.1, -0.05) is 18.2 Å². The summed E-state index contributed by atoms with van der Waals surface area (Å²) in [6.07, 6.45) is 0. The van der Waals surface area contributed by atoms with Crippen molar-refractivity contribution >= 4 is 5.97 Å². The molecule has 18 heavy (non-hydrogen) atoms. The summed E-state index contributed by atoms with van der Waals surface area (Å²) in [4.78, 5) is 10.9. The summed E-state index contributed by atoms with van der Waals surface area (Å²) < 4.78 is 13.5. The van der Waals surface area contributed by atoms with Crippen LogP contribution < -0.4 is 0 Å². The first kappa shape index (κ1) is 12.3. The van der Waals surface area contributed by atoms with E-state index in [1.807, 2.05) is 6.92 Å². The maximum atomic E-state index is 13.5. The van der Waals surface area contributed by atoms with Crippen molar-refractivity contribution in [3.63, 3.8) is 0 Å². The van der Waals surface area contributed by atoms with E-state index in [1.54, 1.807) is 37.3 Å². The van der Waals surface area contributed by atoms with Gasteiger partial charge in [0.1, 0.15) is 5.82 Å². The fraction of sp³-hybridized carbons (Fsp3) is 0.133. The quantitative estimate of drug-likeness (QED) is 0.872. The van der Waals surface area contributed by atoms with Gasteiger partial charge in [0.2, 0.25) is 0 Å². The number of carboxylic acid groups (broad SMARTS) is 1. The average Bonchev–Trinajstić information content (AvgIpc) is 2.33. The average molecular weight is 244 g/mol. The summed E-state index contributed by atoms with van der Waals surface area (Å²) in [5.41, 5.74) is 3.14. The van der Waals surface area contributed by atoms with Gasteiger partial charge in [0.05, 0.1) is 5.56 Å². The Hall–Kier alpha value is -2.16. The Bertz CT molecular complexity index is 618. The van der Waals surface area contributed by atoms with E-state index < -0.39 is 5.97 Å². The van der Waals surface area contributed by atoms with Crippen molar-refractivity contribution in [3.05, 3.63) is 58.9 Å². The number of carboxylic acids is 1. The minimum atomic E-state index is -0.983. The van der Waals surface area contributed by atoms with Crippen LogP contribution in [0.15, 0.2) is 36.4 Å². The molecule has 0 unspecified atom stereocenters. The lowest BCUT2D eigenvalue weighted by molar-refractivity contribution is 0.0697. The Morgan fingerprint density at radius 2 is 1.72 bits per heavy atom. The second kappa shape index (κ2) is 4.61. The zero-order valence-electron chi connectivity index (χ0n) is 10.2. The van der Waals surface area contributed by atoms with E-state index in [0.717, 1.165) is 11.1 Å². The summed E-state index contributed by atoms with van der Waals surface area (Å²) in [6, 6.07) is 9.78. The summed E-state index contributed by atoms with van der Waals surface area (Å²) >= 11 is 0. The Labute approximate surface area is 105 Å². The van der Waals surface area contributed by atoms with E-state index >= 15 is 0 Å². The lowest BCUT2D eigenvalue weighted by Gasteiger charge is -2.08. The molecular formula is C15H13FO2. The second-order valence-electron chi connectivity index (χ2n) is 4.30. The highest BCUT2D eigenvalue weighted by Crippen LogP contribution is 2.26. The number of aryl methyl sites for hydroxylation is 2. The number of aromatic carboxylic acids is 1. The van der Waals surface area contributed by atoms with E-state index in [9.17, 15) is 9.18 Å². The smallest absolute Gasteiger partial charge is 0.335 e. The molecule has 0 atom stereocenters. The molecule has 0 aliphatic heterocycles. The van der Waals surface area contributed by atoms with Crippen LogP contribution in [0.25, 0.3) is 11.1 Å². The topological polar surface area (TPSA) is 37.3 Å². The first-order valence-corrected chi connectivity index (χ1v) is 5.59. The Morgan fingerprint density at radius 3 is 2.33 bits per heavy atom. The summed E-state index contributed by atoms with van der Waals surface area (Å²) in [6.45, 7) is 3.57. The number of hydrogen-bond donors (Lipinski definition) is 1. The van der Waals surface area contributed by atoms with Gasteiger partial charge in [-0.05, 0) is 54.3 Å². The van der Waals surface area contributed by atoms with Gasteiger partial charge < -0.3 is 5.11 Å². The van der Waals surface area contributed by atoms with Crippen molar-refractivity contribution in [1.29, 1.82) is 0 Å². The molecule has 3 heteroatoms. The van der Waals surface area contributed by atoms with Crippen molar-refractivity contribution in [1.82, 2.24) is 0 Å². The van der Waals surface area contributed by atoms with Crippen molar-refractivity contribution in [3.8, 4) is 11.1 Å². The van der Waals surface area contributed by atoms with Gasteiger partial charge in [-0.25, -0.2) is 9.18 Å². The molecule has 0 bridgehead atoms. The molecular weight excluding hydrogens is 231 g/mol. The summed E-state index contributed by atoms with van der Waals surface area (Å²) in [7, 11) is 0. The molecule has 1 N–H and O–H groups in total. The van der Waals surface area contributed by atoms with Gasteiger partial charge in [0.25, 0.3) is 0 Å². The monoisotopic (exact) mass is 244 g/mol. The van der Waals surface area contributed by atoms with Gasteiger partial charge in [0, 0.05) is 0 Å². The molecule has 0 saturated carbocycles. The molecule has 0 radical (unpaired) electrons. The molecule has 0 aliphatic carbocycles. The number of benzene rings is 2. The molecule has 2 aromatic rings. The fourth-order valence-electron chi connectivity index (χ4n) is 1.83. The van der Waals surface area contributed by atoms with E-state index in [0.29, 0.717) is 11.1 Å². The van der Waals surface area contributed by atoms with Crippen LogP contribution >= 0.6 is 0 Å². The molecule has 0 saturated heterocycles. The van der Waals surface area contributed by atoms with Crippen LogP contribution in [0.4, 0.5) is 4.39 Å². The SMILES string of the molecule is Cc1ccc(-c2cc(C(=O)O)ccc2C)cc1F. The molecule has 2 aromatic carbocycles. The zero-order chi connectivity index (χ0) is 13.3. The van der Waals surface area contributed by atoms with Crippen LogP contribution in [-0.4, -0.2) is 11.1 Å². The van der Waals surface area contributed by atoms with E-state index in [4.69, 9.17) is 5.11 Å². The predicted molar refractivity (Wildman–Crippen MR) is 68.3 cm³/mol. The van der Waals surface area contributed by atoms with E-state index in [-0.39, 0.29) is 11.4 Å². The number of hydrogen-bond acceptors (Lipinski definition) is 1. The maximum absolute atomic E-state index is 13.5. The van der Waals surface area contributed by atoms with Crippen molar-refractivity contribution in [2.75, 3.05) is 0 Å². The van der Waals surface area contributed by atoms with Gasteiger partial charge in [-0.15, -0.1) is 0 Å². The third-order valence-corrected chi connectivity index (χ3v) is 2.97. The van der Waals surface area contributed by atoms with Crippen molar-refractivity contribution in [2.24, 2.45) is 0 Å². The van der Waals surface area contributed by atoms with Gasteiger partial charge in [0.15, 0.2) is 0 Å². The first-order chi connectivity index (χ1) is 8.49. The van der Waals surface area contributed by atoms with Crippen molar-refractivity contribution in [2.45, 2.75) is 13.8 Å². The largest absolute Gasteiger partial charge is 0.478 e. The Morgan fingerprint density at radius 1 is 1.06 bits per heavy atom. The van der Waals surface area contributed by atoms with Crippen LogP contribution in [0.2, 0.25) is 0 Å². The highest BCUT2D eigenvalue weighted by Gasteiger charge is 2.09. The molecule has 0 heterocycles. The van der Waals surface area contributed by atoms with Gasteiger partial charge in [-0.3, -0.25) is 0 Å². The molecule has 0 fully saturated rings. The lowest BCUT2D eigenvalue weighted by atomic mass is 9.97. The normalized spacial score (nSPS) is 10.4. The molecule has 0 amide bonds. The molecule has 0 aromatic heterocycles.